The van der Waals surface area contributed by atoms with Gasteiger partial charge in [-0.15, -0.1) is 11.6 Å². The summed E-state index contributed by atoms with van der Waals surface area (Å²) >= 11 is 5.76. The van der Waals surface area contributed by atoms with Crippen LogP contribution >= 0.6 is 11.6 Å². The Labute approximate surface area is 108 Å². The molecule has 0 saturated heterocycles. The summed E-state index contributed by atoms with van der Waals surface area (Å²) < 4.78 is 10.5. The Balaban J connectivity index is 2.77. The van der Waals surface area contributed by atoms with E-state index in [1.54, 1.807) is 14.2 Å². The monoisotopic (exact) mass is 257 g/mol. The number of hydrogen-bond donors (Lipinski definition) is 0. The first kappa shape index (κ1) is 14.1. The van der Waals surface area contributed by atoms with Gasteiger partial charge in [-0.1, -0.05) is 13.0 Å². The van der Waals surface area contributed by atoms with Crippen molar-refractivity contribution >= 4 is 11.6 Å². The lowest BCUT2D eigenvalue weighted by Gasteiger charge is -2.19. The van der Waals surface area contributed by atoms with Crippen molar-refractivity contribution in [3.8, 4) is 11.5 Å². The lowest BCUT2D eigenvalue weighted by Crippen LogP contribution is -2.24. The van der Waals surface area contributed by atoms with Crippen LogP contribution in [-0.2, 0) is 6.54 Å². The number of benzene rings is 1. The summed E-state index contributed by atoms with van der Waals surface area (Å²) in [6.07, 6.45) is 0. The Bertz CT molecular complexity index is 344. The van der Waals surface area contributed by atoms with Gasteiger partial charge in [-0.3, -0.25) is 4.90 Å². The highest BCUT2D eigenvalue weighted by molar-refractivity contribution is 6.18. The summed E-state index contributed by atoms with van der Waals surface area (Å²) in [5.41, 5.74) is 1.20. The Hall–Kier alpha value is -0.930. The van der Waals surface area contributed by atoms with Crippen molar-refractivity contribution in [3.63, 3.8) is 0 Å². The smallest absolute Gasteiger partial charge is 0.161 e. The third kappa shape index (κ3) is 4.10. The van der Waals surface area contributed by atoms with Gasteiger partial charge in [-0.25, -0.2) is 0 Å². The predicted molar refractivity (Wildman–Crippen MR) is 71.2 cm³/mol. The number of rotatable bonds is 7. The van der Waals surface area contributed by atoms with E-state index in [0.717, 1.165) is 31.1 Å². The van der Waals surface area contributed by atoms with E-state index in [2.05, 4.69) is 17.9 Å². The Morgan fingerprint density at radius 3 is 2.41 bits per heavy atom. The van der Waals surface area contributed by atoms with Gasteiger partial charge in [-0.05, 0) is 24.2 Å². The molecule has 0 unspecified atom stereocenters. The van der Waals surface area contributed by atoms with E-state index in [4.69, 9.17) is 21.1 Å². The average molecular weight is 258 g/mol. The topological polar surface area (TPSA) is 21.7 Å². The molecule has 0 atom stereocenters. The molecule has 0 saturated carbocycles. The Kier molecular flexibility index (Phi) is 6.16. The summed E-state index contributed by atoms with van der Waals surface area (Å²) in [5, 5.41) is 0. The van der Waals surface area contributed by atoms with Crippen molar-refractivity contribution in [1.29, 1.82) is 0 Å². The molecule has 0 fully saturated rings. The van der Waals surface area contributed by atoms with Crippen LogP contribution in [0.15, 0.2) is 18.2 Å². The largest absolute Gasteiger partial charge is 0.493 e. The number of hydrogen-bond acceptors (Lipinski definition) is 3. The number of halogens is 1. The summed E-state index contributed by atoms with van der Waals surface area (Å²) in [6.45, 7) is 4.89. The molecule has 0 heterocycles. The van der Waals surface area contributed by atoms with E-state index in [1.165, 1.54) is 5.56 Å². The maximum Gasteiger partial charge on any atom is 0.161 e. The molecular weight excluding hydrogens is 238 g/mol. The number of nitrogens with zero attached hydrogens (tertiary/aromatic N) is 1. The van der Waals surface area contributed by atoms with Crippen molar-refractivity contribution in [1.82, 2.24) is 4.90 Å². The number of ether oxygens (including phenoxy) is 2. The molecule has 96 valence electrons. The zero-order valence-electron chi connectivity index (χ0n) is 10.7. The molecule has 1 aromatic carbocycles. The van der Waals surface area contributed by atoms with Crippen LogP contribution in [0, 0.1) is 0 Å². The van der Waals surface area contributed by atoms with Crippen LogP contribution in [0.3, 0.4) is 0 Å². The fourth-order valence-corrected chi connectivity index (χ4v) is 1.94. The minimum atomic E-state index is 0.654. The second-order valence-corrected chi connectivity index (χ2v) is 4.13. The lowest BCUT2D eigenvalue weighted by atomic mass is 10.2. The molecule has 17 heavy (non-hydrogen) atoms. The minimum absolute atomic E-state index is 0.654. The van der Waals surface area contributed by atoms with Crippen molar-refractivity contribution in [3.05, 3.63) is 23.8 Å². The highest BCUT2D eigenvalue weighted by atomic mass is 35.5. The van der Waals surface area contributed by atoms with Crippen LogP contribution in [0.25, 0.3) is 0 Å². The number of methoxy groups -OCH3 is 2. The molecule has 0 aromatic heterocycles. The van der Waals surface area contributed by atoms with Gasteiger partial charge in [0.05, 0.1) is 14.2 Å². The third-order valence-corrected chi connectivity index (χ3v) is 2.87. The highest BCUT2D eigenvalue weighted by Gasteiger charge is 2.07. The van der Waals surface area contributed by atoms with Crippen LogP contribution in [0.4, 0.5) is 0 Å². The molecule has 0 spiro atoms. The molecule has 0 aliphatic heterocycles. The molecule has 0 amide bonds. The standard InChI is InChI=1S/C13H20ClNO2/c1-4-15(8-7-14)10-11-5-6-12(16-2)13(9-11)17-3/h5-6,9H,4,7-8,10H2,1-3H3. The fourth-order valence-electron chi connectivity index (χ4n) is 1.71. The van der Waals surface area contributed by atoms with E-state index in [1.807, 2.05) is 12.1 Å². The van der Waals surface area contributed by atoms with Gasteiger partial charge in [0, 0.05) is 19.0 Å². The van der Waals surface area contributed by atoms with Gasteiger partial charge in [0.15, 0.2) is 11.5 Å². The zero-order valence-corrected chi connectivity index (χ0v) is 11.5. The first-order valence-corrected chi connectivity index (χ1v) is 6.27. The molecule has 4 heteroatoms. The van der Waals surface area contributed by atoms with Crippen molar-refractivity contribution in [2.24, 2.45) is 0 Å². The van der Waals surface area contributed by atoms with Gasteiger partial charge in [0.2, 0.25) is 0 Å². The average Bonchev–Trinajstić information content (AvgIpc) is 2.38. The molecule has 1 aromatic rings. The summed E-state index contributed by atoms with van der Waals surface area (Å²) in [4.78, 5) is 2.29. The molecule has 0 aliphatic rings. The maximum absolute atomic E-state index is 5.76. The van der Waals surface area contributed by atoms with Crippen molar-refractivity contribution < 1.29 is 9.47 Å². The van der Waals surface area contributed by atoms with Crippen molar-refractivity contribution in [2.75, 3.05) is 33.2 Å². The first-order chi connectivity index (χ1) is 8.24. The normalized spacial score (nSPS) is 10.6. The van der Waals surface area contributed by atoms with Gasteiger partial charge in [-0.2, -0.15) is 0 Å². The van der Waals surface area contributed by atoms with E-state index >= 15 is 0 Å². The molecule has 1 rings (SSSR count). The van der Waals surface area contributed by atoms with Gasteiger partial charge in [0.1, 0.15) is 0 Å². The zero-order chi connectivity index (χ0) is 12.7. The highest BCUT2D eigenvalue weighted by Crippen LogP contribution is 2.27. The third-order valence-electron chi connectivity index (χ3n) is 2.70. The van der Waals surface area contributed by atoms with Crippen LogP contribution < -0.4 is 9.47 Å². The molecule has 0 radical (unpaired) electrons. The van der Waals surface area contributed by atoms with Crippen LogP contribution in [0.1, 0.15) is 12.5 Å². The number of alkyl halides is 1. The van der Waals surface area contributed by atoms with Crippen LogP contribution in [0.5, 0.6) is 11.5 Å². The van der Waals surface area contributed by atoms with Crippen LogP contribution in [-0.4, -0.2) is 38.1 Å². The van der Waals surface area contributed by atoms with E-state index in [9.17, 15) is 0 Å². The fraction of sp³-hybridized carbons (Fsp3) is 0.538. The quantitative estimate of drug-likeness (QED) is 0.701. The molecule has 0 bridgehead atoms. The Morgan fingerprint density at radius 1 is 1.18 bits per heavy atom. The van der Waals surface area contributed by atoms with Gasteiger partial charge in [0.25, 0.3) is 0 Å². The molecule has 0 N–H and O–H groups in total. The Morgan fingerprint density at radius 2 is 1.88 bits per heavy atom. The van der Waals surface area contributed by atoms with E-state index in [-0.39, 0.29) is 0 Å². The SMILES string of the molecule is CCN(CCCl)Cc1ccc(OC)c(OC)c1. The molecule has 0 aliphatic carbocycles. The predicted octanol–water partition coefficient (Wildman–Crippen LogP) is 2.76. The van der Waals surface area contributed by atoms with E-state index < -0.39 is 0 Å². The second-order valence-electron chi connectivity index (χ2n) is 3.75. The van der Waals surface area contributed by atoms with Crippen LogP contribution in [0.2, 0.25) is 0 Å². The van der Waals surface area contributed by atoms with Gasteiger partial charge < -0.3 is 9.47 Å². The minimum Gasteiger partial charge on any atom is -0.493 e. The summed E-state index contributed by atoms with van der Waals surface area (Å²) in [5.74, 6) is 2.18. The second kappa shape index (κ2) is 7.41. The molecular formula is C13H20ClNO2. The first-order valence-electron chi connectivity index (χ1n) is 5.74. The summed E-state index contributed by atoms with van der Waals surface area (Å²) in [6, 6.07) is 6.00. The van der Waals surface area contributed by atoms with Gasteiger partial charge >= 0.3 is 0 Å². The van der Waals surface area contributed by atoms with Crippen molar-refractivity contribution in [2.45, 2.75) is 13.5 Å². The molecule has 3 nitrogen and oxygen atoms in total. The maximum atomic E-state index is 5.76. The summed E-state index contributed by atoms with van der Waals surface area (Å²) in [7, 11) is 3.29. The lowest BCUT2D eigenvalue weighted by molar-refractivity contribution is 0.296. The van der Waals surface area contributed by atoms with E-state index in [0.29, 0.717) is 5.88 Å².